The molecule has 21 heavy (non-hydrogen) atoms. The molecule has 118 valence electrons. The normalized spacial score (nSPS) is 15.7. The molecule has 0 heterocycles. The Balaban J connectivity index is 2.00. The van der Waals surface area contributed by atoms with E-state index in [9.17, 15) is 17.6 Å². The van der Waals surface area contributed by atoms with Gasteiger partial charge in [0.15, 0.2) is 0 Å². The number of rotatable bonds is 7. The van der Waals surface area contributed by atoms with E-state index in [4.69, 9.17) is 0 Å². The number of nitrogens with one attached hydrogen (secondary N) is 1. The fourth-order valence-corrected chi connectivity index (χ4v) is 2.18. The minimum absolute atomic E-state index is 0.0287. The van der Waals surface area contributed by atoms with Gasteiger partial charge in [-0.3, -0.25) is 4.90 Å². The van der Waals surface area contributed by atoms with Gasteiger partial charge in [-0.25, -0.2) is 4.39 Å². The smallest absolute Gasteiger partial charge is 0.310 e. The summed E-state index contributed by atoms with van der Waals surface area (Å²) in [6.45, 7) is 1.45. The minimum atomic E-state index is -4.27. The maximum atomic E-state index is 13.8. The van der Waals surface area contributed by atoms with Gasteiger partial charge in [0.2, 0.25) is 0 Å². The molecule has 0 saturated heterocycles. The van der Waals surface area contributed by atoms with E-state index < -0.39 is 18.5 Å². The topological polar surface area (TPSA) is 15.3 Å². The molecular weight excluding hydrogens is 284 g/mol. The highest BCUT2D eigenvalue weighted by Crippen LogP contribution is 2.21. The lowest BCUT2D eigenvalue weighted by Gasteiger charge is -2.22. The second-order valence-corrected chi connectivity index (χ2v) is 5.50. The third-order valence-electron chi connectivity index (χ3n) is 3.53. The van der Waals surface area contributed by atoms with E-state index in [1.54, 1.807) is 19.1 Å². The van der Waals surface area contributed by atoms with Crippen molar-refractivity contribution in [3.63, 3.8) is 0 Å². The van der Waals surface area contributed by atoms with Crippen LogP contribution in [-0.2, 0) is 13.1 Å². The molecule has 2 nitrogen and oxygen atoms in total. The molecule has 0 atom stereocenters. The van der Waals surface area contributed by atoms with Crippen molar-refractivity contribution in [2.45, 2.75) is 45.1 Å². The number of benzene rings is 1. The van der Waals surface area contributed by atoms with Crippen molar-refractivity contribution < 1.29 is 17.6 Å². The number of hydrogen-bond donors (Lipinski definition) is 1. The van der Waals surface area contributed by atoms with E-state index in [1.807, 2.05) is 0 Å². The van der Waals surface area contributed by atoms with Gasteiger partial charge < -0.3 is 5.32 Å². The molecule has 1 aliphatic carbocycles. The van der Waals surface area contributed by atoms with Gasteiger partial charge in [0.05, 0.1) is 6.54 Å². The Morgan fingerprint density at radius 2 is 2.00 bits per heavy atom. The van der Waals surface area contributed by atoms with Crippen molar-refractivity contribution in [3.8, 4) is 0 Å². The van der Waals surface area contributed by atoms with E-state index in [1.165, 1.54) is 11.0 Å². The van der Waals surface area contributed by atoms with Crippen molar-refractivity contribution in [2.24, 2.45) is 0 Å². The molecule has 0 aromatic heterocycles. The molecule has 2 rings (SSSR count). The molecule has 1 aromatic carbocycles. The van der Waals surface area contributed by atoms with Crippen LogP contribution in [0.4, 0.5) is 17.6 Å². The highest BCUT2D eigenvalue weighted by atomic mass is 19.4. The fraction of sp³-hybridized carbons (Fsp3) is 0.600. The lowest BCUT2D eigenvalue weighted by molar-refractivity contribution is -0.146. The summed E-state index contributed by atoms with van der Waals surface area (Å²) in [6, 6.07) is 5.20. The molecule has 1 aliphatic rings. The zero-order chi connectivity index (χ0) is 15.5. The van der Waals surface area contributed by atoms with Crippen molar-refractivity contribution in [2.75, 3.05) is 13.1 Å². The first kappa shape index (κ1) is 16.2. The Bertz CT molecular complexity index is 469. The quantitative estimate of drug-likeness (QED) is 0.776. The zero-order valence-electron chi connectivity index (χ0n) is 12.0. The molecule has 6 heteroatoms. The summed E-state index contributed by atoms with van der Waals surface area (Å²) in [7, 11) is 0. The van der Waals surface area contributed by atoms with Crippen molar-refractivity contribution in [1.29, 1.82) is 0 Å². The maximum Gasteiger partial charge on any atom is 0.401 e. The molecule has 1 aromatic rings. The summed E-state index contributed by atoms with van der Waals surface area (Å²) in [5.74, 6) is -0.453. The fourth-order valence-electron chi connectivity index (χ4n) is 2.18. The number of nitrogens with zero attached hydrogens (tertiary/aromatic N) is 1. The van der Waals surface area contributed by atoms with Crippen LogP contribution in [0.5, 0.6) is 0 Å². The second-order valence-electron chi connectivity index (χ2n) is 5.50. The monoisotopic (exact) mass is 304 g/mol. The van der Waals surface area contributed by atoms with Crippen LogP contribution < -0.4 is 5.32 Å². The van der Waals surface area contributed by atoms with Gasteiger partial charge in [-0.1, -0.05) is 19.1 Å². The largest absolute Gasteiger partial charge is 0.401 e. The molecular formula is C15H20F4N2. The average molecular weight is 304 g/mol. The molecule has 0 aliphatic heterocycles. The Kier molecular flexibility index (Phi) is 5.22. The molecule has 1 fully saturated rings. The first-order valence-electron chi connectivity index (χ1n) is 7.17. The van der Waals surface area contributed by atoms with Crippen LogP contribution in [0.3, 0.4) is 0 Å². The summed E-state index contributed by atoms with van der Waals surface area (Å²) >= 11 is 0. The molecule has 0 spiro atoms. The van der Waals surface area contributed by atoms with Crippen molar-refractivity contribution >= 4 is 0 Å². The van der Waals surface area contributed by atoms with Gasteiger partial charge >= 0.3 is 6.18 Å². The standard InChI is InChI=1S/C15H20F4N2/c1-2-21(10-15(17,18)19)9-12-7-11(3-6-14(12)16)8-20-13-4-5-13/h3,6-7,13,20H,2,4-5,8-10H2,1H3. The summed E-state index contributed by atoms with van der Waals surface area (Å²) in [5.41, 5.74) is 1.22. The molecule has 0 unspecified atom stereocenters. The average Bonchev–Trinajstić information content (AvgIpc) is 3.21. The molecule has 0 bridgehead atoms. The van der Waals surface area contributed by atoms with Gasteiger partial charge in [-0.15, -0.1) is 0 Å². The number of hydrogen-bond acceptors (Lipinski definition) is 2. The third kappa shape index (κ3) is 5.63. The van der Waals surface area contributed by atoms with E-state index in [2.05, 4.69) is 5.32 Å². The third-order valence-corrected chi connectivity index (χ3v) is 3.53. The van der Waals surface area contributed by atoms with Crippen molar-refractivity contribution in [3.05, 3.63) is 35.1 Å². The highest BCUT2D eigenvalue weighted by molar-refractivity contribution is 5.25. The predicted molar refractivity (Wildman–Crippen MR) is 73.3 cm³/mol. The van der Waals surface area contributed by atoms with Crippen LogP contribution in [0.2, 0.25) is 0 Å². The highest BCUT2D eigenvalue weighted by Gasteiger charge is 2.30. The summed E-state index contributed by atoms with van der Waals surface area (Å²) in [6.07, 6.45) is -1.95. The lowest BCUT2D eigenvalue weighted by Crippen LogP contribution is -2.33. The van der Waals surface area contributed by atoms with Gasteiger partial charge in [0.25, 0.3) is 0 Å². The minimum Gasteiger partial charge on any atom is -0.310 e. The first-order chi connectivity index (χ1) is 9.87. The van der Waals surface area contributed by atoms with E-state index in [0.717, 1.165) is 18.4 Å². The molecule has 1 N–H and O–H groups in total. The molecule has 0 amide bonds. The Hall–Kier alpha value is -1.14. The number of halogens is 4. The zero-order valence-corrected chi connectivity index (χ0v) is 12.0. The summed E-state index contributed by atoms with van der Waals surface area (Å²) in [5, 5.41) is 3.31. The first-order valence-corrected chi connectivity index (χ1v) is 7.17. The second kappa shape index (κ2) is 6.75. The van der Waals surface area contributed by atoms with Gasteiger partial charge in [-0.05, 0) is 31.0 Å². The van der Waals surface area contributed by atoms with E-state index >= 15 is 0 Å². The van der Waals surface area contributed by atoms with Crippen LogP contribution in [0.1, 0.15) is 30.9 Å². The van der Waals surface area contributed by atoms with Crippen molar-refractivity contribution in [1.82, 2.24) is 10.2 Å². The Morgan fingerprint density at radius 3 is 2.57 bits per heavy atom. The predicted octanol–water partition coefficient (Wildman–Crippen LogP) is 3.46. The van der Waals surface area contributed by atoms with E-state index in [-0.39, 0.29) is 13.1 Å². The maximum absolute atomic E-state index is 13.8. The number of alkyl halides is 3. The SMILES string of the molecule is CCN(Cc1cc(CNC2CC2)ccc1F)CC(F)(F)F. The van der Waals surface area contributed by atoms with E-state index in [0.29, 0.717) is 18.2 Å². The van der Waals surface area contributed by atoms with Crippen LogP contribution in [-0.4, -0.2) is 30.2 Å². The van der Waals surface area contributed by atoms with Gasteiger partial charge in [-0.2, -0.15) is 13.2 Å². The Labute approximate surface area is 122 Å². The van der Waals surface area contributed by atoms with Crippen LogP contribution in [0, 0.1) is 5.82 Å². The van der Waals surface area contributed by atoms with Gasteiger partial charge in [0, 0.05) is 24.7 Å². The van der Waals surface area contributed by atoms with Crippen LogP contribution >= 0.6 is 0 Å². The van der Waals surface area contributed by atoms with Crippen LogP contribution in [0.15, 0.2) is 18.2 Å². The Morgan fingerprint density at radius 1 is 1.29 bits per heavy atom. The lowest BCUT2D eigenvalue weighted by atomic mass is 10.1. The summed E-state index contributed by atoms with van der Waals surface area (Å²) in [4.78, 5) is 1.19. The summed E-state index contributed by atoms with van der Waals surface area (Å²) < 4.78 is 51.1. The van der Waals surface area contributed by atoms with Crippen LogP contribution in [0.25, 0.3) is 0 Å². The molecule has 1 saturated carbocycles. The molecule has 0 radical (unpaired) electrons. The van der Waals surface area contributed by atoms with Gasteiger partial charge in [0.1, 0.15) is 5.82 Å².